The van der Waals surface area contributed by atoms with Crippen molar-refractivity contribution < 1.29 is 27.5 Å². The molecule has 3 heterocycles. The summed E-state index contributed by atoms with van der Waals surface area (Å²) in [6, 6.07) is 8.93. The number of nitrogens with zero attached hydrogens (tertiary/aromatic N) is 5. The molecule has 0 spiro atoms. The molecule has 0 saturated carbocycles. The number of hydrogen-bond donors (Lipinski definition) is 1. The van der Waals surface area contributed by atoms with Crippen LogP contribution in [0, 0.1) is 11.8 Å². The molecule has 1 saturated heterocycles. The summed E-state index contributed by atoms with van der Waals surface area (Å²) in [6.45, 7) is 8.66. The van der Waals surface area contributed by atoms with Gasteiger partial charge in [0, 0.05) is 49.2 Å². The lowest BCUT2D eigenvalue weighted by Crippen LogP contribution is -2.43. The number of carbonyl (C=O) groups excluding carboxylic acids is 2. The minimum atomic E-state index is -4.68. The van der Waals surface area contributed by atoms with Gasteiger partial charge >= 0.3 is 6.18 Å². The van der Waals surface area contributed by atoms with Crippen LogP contribution in [0.15, 0.2) is 54.0 Å². The standard InChI is InChI=1S/C29H31F3N6O4/c1-18-5-6-22(35-27(40)20-7-8-33-25(14-20)29(30,31)32)15-23(18)21-13-24(37-9-11-42-12-10-37)26(34-16-21)38(19(2)39)17-28(3,4)36-41/h5-8,13-16H,9-12,17H2,1-4H3,(H,35,40). The Morgan fingerprint density at radius 1 is 1.10 bits per heavy atom. The Morgan fingerprint density at radius 2 is 1.81 bits per heavy atom. The average molecular weight is 585 g/mol. The minimum absolute atomic E-state index is 0.0289. The lowest BCUT2D eigenvalue weighted by molar-refractivity contribution is -0.141. The van der Waals surface area contributed by atoms with E-state index in [-0.39, 0.29) is 18.0 Å². The number of hydrogen-bond acceptors (Lipinski definition) is 8. The number of carbonyl (C=O) groups is 2. The van der Waals surface area contributed by atoms with Crippen molar-refractivity contribution in [1.82, 2.24) is 9.97 Å². The van der Waals surface area contributed by atoms with E-state index < -0.39 is 23.3 Å². The first-order valence-corrected chi connectivity index (χ1v) is 13.2. The fraction of sp³-hybridized carbons (Fsp3) is 0.379. The van der Waals surface area contributed by atoms with Crippen molar-refractivity contribution in [3.05, 3.63) is 70.5 Å². The van der Waals surface area contributed by atoms with Gasteiger partial charge < -0.3 is 15.0 Å². The summed E-state index contributed by atoms with van der Waals surface area (Å²) < 4.78 is 44.8. The molecular formula is C29H31F3N6O4. The van der Waals surface area contributed by atoms with Gasteiger partial charge in [0.15, 0.2) is 5.82 Å². The molecule has 1 aliphatic heterocycles. The van der Waals surface area contributed by atoms with Gasteiger partial charge in [0.2, 0.25) is 5.91 Å². The van der Waals surface area contributed by atoms with Crippen LogP contribution in [0.25, 0.3) is 11.1 Å². The van der Waals surface area contributed by atoms with Gasteiger partial charge in [-0.15, -0.1) is 0 Å². The smallest absolute Gasteiger partial charge is 0.378 e. The Kier molecular flexibility index (Phi) is 8.90. The second kappa shape index (κ2) is 12.2. The van der Waals surface area contributed by atoms with E-state index in [0.29, 0.717) is 55.1 Å². The molecule has 13 heteroatoms. The number of aromatic nitrogens is 2. The van der Waals surface area contributed by atoms with E-state index in [9.17, 15) is 27.7 Å². The number of aryl methyl sites for hydroxylation is 1. The van der Waals surface area contributed by atoms with Crippen LogP contribution >= 0.6 is 0 Å². The molecule has 0 bridgehead atoms. The maximum absolute atomic E-state index is 13.1. The lowest BCUT2D eigenvalue weighted by Gasteiger charge is -2.34. The molecule has 0 unspecified atom stereocenters. The quantitative estimate of drug-likeness (QED) is 0.350. The van der Waals surface area contributed by atoms with Crippen molar-refractivity contribution in [3.63, 3.8) is 0 Å². The summed E-state index contributed by atoms with van der Waals surface area (Å²) in [4.78, 5) is 48.4. The third-order valence-corrected chi connectivity index (χ3v) is 6.75. The van der Waals surface area contributed by atoms with E-state index in [1.807, 2.05) is 13.0 Å². The SMILES string of the molecule is CC(=O)N(CC(C)(C)N=O)c1ncc(-c2cc(NC(=O)c3ccnc(C(F)(F)F)c3)ccc2C)cc1N1CCOCC1. The molecule has 10 nitrogen and oxygen atoms in total. The van der Waals surface area contributed by atoms with E-state index >= 15 is 0 Å². The van der Waals surface area contributed by atoms with Gasteiger partial charge in [0.1, 0.15) is 11.2 Å². The van der Waals surface area contributed by atoms with E-state index in [1.165, 1.54) is 17.9 Å². The van der Waals surface area contributed by atoms with Crippen LogP contribution in [0.5, 0.6) is 0 Å². The first-order chi connectivity index (χ1) is 19.8. The van der Waals surface area contributed by atoms with Crippen molar-refractivity contribution in [2.24, 2.45) is 5.18 Å². The summed E-state index contributed by atoms with van der Waals surface area (Å²) in [5.74, 6) is -0.638. The van der Waals surface area contributed by atoms with Crippen LogP contribution in [-0.2, 0) is 15.7 Å². The number of nitroso groups, excluding NO2 is 1. The van der Waals surface area contributed by atoms with Crippen molar-refractivity contribution in [2.75, 3.05) is 48.0 Å². The van der Waals surface area contributed by atoms with Gasteiger partial charge in [-0.25, -0.2) is 4.98 Å². The Hall–Kier alpha value is -4.39. The molecule has 3 aromatic rings. The number of ether oxygens (including phenoxy) is 1. The van der Waals surface area contributed by atoms with E-state index in [1.54, 1.807) is 38.2 Å². The summed E-state index contributed by atoms with van der Waals surface area (Å²) >= 11 is 0. The highest BCUT2D eigenvalue weighted by atomic mass is 19.4. The van der Waals surface area contributed by atoms with E-state index in [4.69, 9.17) is 4.74 Å². The number of morpholine rings is 1. The number of rotatable bonds is 8. The Balaban J connectivity index is 1.71. The second-order valence-electron chi connectivity index (χ2n) is 10.6. The van der Waals surface area contributed by atoms with Gasteiger partial charge in [0.25, 0.3) is 5.91 Å². The normalized spacial score (nSPS) is 13.9. The zero-order valence-electron chi connectivity index (χ0n) is 23.7. The Morgan fingerprint density at radius 3 is 2.45 bits per heavy atom. The number of benzene rings is 1. The predicted octanol–water partition coefficient (Wildman–Crippen LogP) is 5.46. The molecule has 1 aliphatic rings. The highest BCUT2D eigenvalue weighted by Crippen LogP contribution is 2.36. The lowest BCUT2D eigenvalue weighted by atomic mass is 10.00. The summed E-state index contributed by atoms with van der Waals surface area (Å²) in [7, 11) is 0. The Labute approximate surface area is 240 Å². The van der Waals surface area contributed by atoms with Crippen molar-refractivity contribution in [3.8, 4) is 11.1 Å². The van der Waals surface area contributed by atoms with Crippen LogP contribution in [0.3, 0.4) is 0 Å². The molecule has 1 aromatic carbocycles. The van der Waals surface area contributed by atoms with Crippen LogP contribution in [-0.4, -0.2) is 60.2 Å². The third kappa shape index (κ3) is 7.08. The number of anilines is 3. The highest BCUT2D eigenvalue weighted by molar-refractivity contribution is 6.04. The largest absolute Gasteiger partial charge is 0.433 e. The average Bonchev–Trinajstić information content (AvgIpc) is 2.96. The van der Waals surface area contributed by atoms with E-state index in [2.05, 4.69) is 25.4 Å². The van der Waals surface area contributed by atoms with Crippen molar-refractivity contribution >= 4 is 29.0 Å². The molecule has 2 amide bonds. The molecule has 0 atom stereocenters. The van der Waals surface area contributed by atoms with Crippen molar-refractivity contribution in [2.45, 2.75) is 39.4 Å². The molecule has 1 N–H and O–H groups in total. The molecule has 4 rings (SSSR count). The topological polar surface area (TPSA) is 117 Å². The van der Waals surface area contributed by atoms with Gasteiger partial charge in [-0.3, -0.25) is 19.5 Å². The zero-order valence-corrected chi connectivity index (χ0v) is 23.7. The number of halogens is 3. The molecule has 0 aliphatic carbocycles. The summed E-state index contributed by atoms with van der Waals surface area (Å²) in [5, 5.41) is 5.81. The van der Waals surface area contributed by atoms with Crippen LogP contribution in [0.4, 0.5) is 30.4 Å². The maximum atomic E-state index is 13.1. The number of alkyl halides is 3. The first kappa shape index (κ1) is 30.6. The second-order valence-corrected chi connectivity index (χ2v) is 10.6. The van der Waals surface area contributed by atoms with Crippen LogP contribution < -0.4 is 15.1 Å². The van der Waals surface area contributed by atoms with Crippen LogP contribution in [0.2, 0.25) is 0 Å². The number of nitrogens with one attached hydrogen (secondary N) is 1. The van der Waals surface area contributed by atoms with Crippen molar-refractivity contribution in [1.29, 1.82) is 0 Å². The summed E-state index contributed by atoms with van der Waals surface area (Å²) in [6.07, 6.45) is -2.14. The van der Waals surface area contributed by atoms with Crippen LogP contribution in [0.1, 0.15) is 42.4 Å². The molecule has 2 aromatic heterocycles. The van der Waals surface area contributed by atoms with Gasteiger partial charge in [0.05, 0.1) is 25.4 Å². The first-order valence-electron chi connectivity index (χ1n) is 13.2. The highest BCUT2D eigenvalue weighted by Gasteiger charge is 2.33. The molecule has 0 radical (unpaired) electrons. The summed E-state index contributed by atoms with van der Waals surface area (Å²) in [5.41, 5.74) is 0.904. The predicted molar refractivity (Wildman–Crippen MR) is 153 cm³/mol. The fourth-order valence-corrected chi connectivity index (χ4v) is 4.53. The Bertz CT molecular complexity index is 1490. The maximum Gasteiger partial charge on any atom is 0.433 e. The van der Waals surface area contributed by atoms with Gasteiger partial charge in [-0.2, -0.15) is 18.1 Å². The zero-order chi connectivity index (χ0) is 30.7. The molecular weight excluding hydrogens is 553 g/mol. The molecule has 222 valence electrons. The minimum Gasteiger partial charge on any atom is -0.378 e. The number of pyridine rings is 2. The van der Waals surface area contributed by atoms with Gasteiger partial charge in [-0.1, -0.05) is 11.2 Å². The van der Waals surface area contributed by atoms with Gasteiger partial charge in [-0.05, 0) is 62.2 Å². The molecule has 1 fully saturated rings. The molecule has 42 heavy (non-hydrogen) atoms. The third-order valence-electron chi connectivity index (χ3n) is 6.75. The van der Waals surface area contributed by atoms with E-state index in [0.717, 1.165) is 17.3 Å². The fourth-order valence-electron chi connectivity index (χ4n) is 4.53. The monoisotopic (exact) mass is 584 g/mol. The number of amides is 2.